The van der Waals surface area contributed by atoms with Gasteiger partial charge in [-0.05, 0) is 36.4 Å². The van der Waals surface area contributed by atoms with Crippen LogP contribution in [0.2, 0.25) is 0 Å². The number of aliphatic hydroxyl groups is 1. The molecule has 5 heteroatoms. The van der Waals surface area contributed by atoms with Gasteiger partial charge < -0.3 is 9.84 Å². The SMILES string of the molecule is Cc1n(CC(O)COc2ccc(F)cc2)c2ccccc2[n+]1C. The molecule has 23 heavy (non-hydrogen) atoms. The van der Waals surface area contributed by atoms with Crippen LogP contribution < -0.4 is 9.30 Å². The van der Waals surface area contributed by atoms with Crippen molar-refractivity contribution in [3.05, 3.63) is 60.2 Å². The van der Waals surface area contributed by atoms with E-state index in [0.717, 1.165) is 16.9 Å². The van der Waals surface area contributed by atoms with Gasteiger partial charge >= 0.3 is 0 Å². The standard InChI is InChI=1S/C18H20FN2O2/c1-13-20(2)17-5-3-4-6-18(17)21(13)11-15(22)12-23-16-9-7-14(19)8-10-16/h3-10,15,22H,11-12H2,1-2H3/q+1. The summed E-state index contributed by atoms with van der Waals surface area (Å²) < 4.78 is 22.6. The second-order valence-corrected chi connectivity index (χ2v) is 5.62. The molecule has 0 bridgehead atoms. The molecule has 0 aliphatic heterocycles. The molecule has 0 radical (unpaired) electrons. The number of imidazole rings is 1. The third kappa shape index (κ3) is 3.19. The molecule has 1 atom stereocenters. The van der Waals surface area contributed by atoms with Crippen LogP contribution in [0.15, 0.2) is 48.5 Å². The lowest BCUT2D eigenvalue weighted by atomic mass is 10.3. The highest BCUT2D eigenvalue weighted by Gasteiger charge is 2.21. The molecule has 0 aliphatic rings. The summed E-state index contributed by atoms with van der Waals surface area (Å²) in [6.45, 7) is 2.61. The quantitative estimate of drug-likeness (QED) is 0.734. The summed E-state index contributed by atoms with van der Waals surface area (Å²) in [4.78, 5) is 0. The van der Waals surface area contributed by atoms with E-state index >= 15 is 0 Å². The number of fused-ring (bicyclic) bond motifs is 1. The number of halogens is 1. The Balaban J connectivity index is 1.72. The summed E-state index contributed by atoms with van der Waals surface area (Å²) >= 11 is 0. The van der Waals surface area contributed by atoms with Crippen molar-refractivity contribution >= 4 is 11.0 Å². The molecule has 0 aliphatic carbocycles. The lowest BCUT2D eigenvalue weighted by molar-refractivity contribution is -0.652. The highest BCUT2D eigenvalue weighted by atomic mass is 19.1. The highest BCUT2D eigenvalue weighted by molar-refractivity contribution is 5.72. The minimum Gasteiger partial charge on any atom is -0.491 e. The van der Waals surface area contributed by atoms with E-state index in [1.54, 1.807) is 12.1 Å². The summed E-state index contributed by atoms with van der Waals surface area (Å²) in [5, 5.41) is 10.3. The minimum atomic E-state index is -0.658. The van der Waals surface area contributed by atoms with Gasteiger partial charge in [-0.25, -0.2) is 13.5 Å². The van der Waals surface area contributed by atoms with Gasteiger partial charge in [-0.3, -0.25) is 0 Å². The van der Waals surface area contributed by atoms with Crippen molar-refractivity contribution in [1.29, 1.82) is 0 Å². The Hall–Kier alpha value is -2.40. The van der Waals surface area contributed by atoms with Gasteiger partial charge in [-0.15, -0.1) is 0 Å². The first-order valence-electron chi connectivity index (χ1n) is 7.56. The normalized spacial score (nSPS) is 12.5. The Morgan fingerprint density at radius 1 is 1.17 bits per heavy atom. The van der Waals surface area contributed by atoms with Crippen molar-refractivity contribution < 1.29 is 18.8 Å². The fourth-order valence-corrected chi connectivity index (χ4v) is 2.72. The number of para-hydroxylation sites is 2. The molecule has 1 heterocycles. The van der Waals surface area contributed by atoms with Gasteiger partial charge in [-0.2, -0.15) is 0 Å². The molecule has 0 saturated heterocycles. The van der Waals surface area contributed by atoms with Crippen LogP contribution in [0.25, 0.3) is 11.0 Å². The molecule has 4 nitrogen and oxygen atoms in total. The predicted octanol–water partition coefficient (Wildman–Crippen LogP) is 2.35. The smallest absolute Gasteiger partial charge is 0.254 e. The number of hydrogen-bond acceptors (Lipinski definition) is 2. The number of benzene rings is 2. The second-order valence-electron chi connectivity index (χ2n) is 5.62. The molecule has 0 amide bonds. The van der Waals surface area contributed by atoms with Gasteiger partial charge in [0, 0.05) is 6.92 Å². The maximum atomic E-state index is 12.9. The van der Waals surface area contributed by atoms with Gasteiger partial charge in [0.2, 0.25) is 0 Å². The summed E-state index contributed by atoms with van der Waals surface area (Å²) in [6.07, 6.45) is -0.658. The first-order chi connectivity index (χ1) is 11.1. The van der Waals surface area contributed by atoms with E-state index in [4.69, 9.17) is 4.74 Å². The number of hydrogen-bond donors (Lipinski definition) is 1. The Kier molecular flexibility index (Phi) is 4.30. The van der Waals surface area contributed by atoms with Crippen molar-refractivity contribution in [2.75, 3.05) is 6.61 Å². The maximum absolute atomic E-state index is 12.9. The Morgan fingerprint density at radius 2 is 1.87 bits per heavy atom. The molecule has 3 rings (SSSR count). The molecule has 1 N–H and O–H groups in total. The maximum Gasteiger partial charge on any atom is 0.254 e. The topological polar surface area (TPSA) is 38.3 Å². The van der Waals surface area contributed by atoms with Crippen LogP contribution in [0.4, 0.5) is 4.39 Å². The van der Waals surface area contributed by atoms with Gasteiger partial charge in [0.25, 0.3) is 5.82 Å². The number of rotatable bonds is 5. The molecule has 1 unspecified atom stereocenters. The summed E-state index contributed by atoms with van der Waals surface area (Å²) in [5.74, 6) is 1.30. The van der Waals surface area contributed by atoms with Crippen LogP contribution in [0.3, 0.4) is 0 Å². The van der Waals surface area contributed by atoms with Gasteiger partial charge in [0.15, 0.2) is 11.0 Å². The molecule has 1 aromatic heterocycles. The molecule has 0 saturated carbocycles. The largest absolute Gasteiger partial charge is 0.491 e. The van der Waals surface area contributed by atoms with Gasteiger partial charge in [0.1, 0.15) is 30.8 Å². The van der Waals surface area contributed by atoms with Crippen LogP contribution >= 0.6 is 0 Å². The molecule has 3 aromatic rings. The fourth-order valence-electron chi connectivity index (χ4n) is 2.72. The van der Waals surface area contributed by atoms with Crippen molar-refractivity contribution in [3.63, 3.8) is 0 Å². The van der Waals surface area contributed by atoms with Crippen LogP contribution in [-0.2, 0) is 13.6 Å². The third-order valence-corrected chi connectivity index (χ3v) is 4.06. The van der Waals surface area contributed by atoms with Crippen LogP contribution in [0, 0.1) is 12.7 Å². The molecule has 0 fully saturated rings. The number of aryl methyl sites for hydroxylation is 1. The Morgan fingerprint density at radius 3 is 2.61 bits per heavy atom. The average molecular weight is 315 g/mol. The zero-order chi connectivity index (χ0) is 16.4. The lowest BCUT2D eigenvalue weighted by Gasteiger charge is -2.11. The van der Waals surface area contributed by atoms with Crippen LogP contribution in [-0.4, -0.2) is 22.4 Å². The van der Waals surface area contributed by atoms with Crippen molar-refractivity contribution in [3.8, 4) is 5.75 Å². The van der Waals surface area contributed by atoms with Crippen LogP contribution in [0.1, 0.15) is 5.82 Å². The first-order valence-corrected chi connectivity index (χ1v) is 7.56. The van der Waals surface area contributed by atoms with E-state index in [0.29, 0.717) is 12.3 Å². The third-order valence-electron chi connectivity index (χ3n) is 4.06. The molecule has 120 valence electrons. The van der Waals surface area contributed by atoms with Crippen molar-refractivity contribution in [2.24, 2.45) is 7.05 Å². The Bertz CT molecular complexity index is 812. The minimum absolute atomic E-state index is 0.154. The molecular formula is C18H20FN2O2+. The van der Waals surface area contributed by atoms with Crippen molar-refractivity contribution in [2.45, 2.75) is 19.6 Å². The number of aromatic nitrogens is 2. The first kappa shape index (κ1) is 15.5. The number of aliphatic hydroxyl groups excluding tert-OH is 1. The summed E-state index contributed by atoms with van der Waals surface area (Å²) in [7, 11) is 2.01. The number of ether oxygens (including phenoxy) is 1. The van der Waals surface area contributed by atoms with Gasteiger partial charge in [0.05, 0.1) is 7.05 Å². The second kappa shape index (κ2) is 6.38. The van der Waals surface area contributed by atoms with E-state index in [1.807, 2.05) is 32.2 Å². The molecule has 2 aromatic carbocycles. The van der Waals surface area contributed by atoms with E-state index in [1.165, 1.54) is 12.1 Å². The average Bonchev–Trinajstić information content (AvgIpc) is 2.80. The Labute approximate surface area is 134 Å². The zero-order valence-electron chi connectivity index (χ0n) is 13.2. The number of nitrogens with zero attached hydrogens (tertiary/aromatic N) is 2. The lowest BCUT2D eigenvalue weighted by Crippen LogP contribution is -2.32. The van der Waals surface area contributed by atoms with Gasteiger partial charge in [-0.1, -0.05) is 12.1 Å². The highest BCUT2D eigenvalue weighted by Crippen LogP contribution is 2.15. The van der Waals surface area contributed by atoms with E-state index in [9.17, 15) is 9.50 Å². The predicted molar refractivity (Wildman–Crippen MR) is 85.8 cm³/mol. The monoisotopic (exact) mass is 315 g/mol. The van der Waals surface area contributed by atoms with Crippen molar-refractivity contribution in [1.82, 2.24) is 4.57 Å². The van der Waals surface area contributed by atoms with E-state index in [2.05, 4.69) is 15.2 Å². The molecule has 0 spiro atoms. The summed E-state index contributed by atoms with van der Waals surface area (Å²) in [6, 6.07) is 13.9. The fraction of sp³-hybridized carbons (Fsp3) is 0.278. The summed E-state index contributed by atoms with van der Waals surface area (Å²) in [5.41, 5.74) is 2.20. The molecular weight excluding hydrogens is 295 g/mol. The van der Waals surface area contributed by atoms with Crippen LogP contribution in [0.5, 0.6) is 5.75 Å². The zero-order valence-corrected chi connectivity index (χ0v) is 13.2. The van der Waals surface area contributed by atoms with E-state index in [-0.39, 0.29) is 12.4 Å². The van der Waals surface area contributed by atoms with E-state index < -0.39 is 6.10 Å².